The van der Waals surface area contributed by atoms with Gasteiger partial charge in [-0.25, -0.2) is 0 Å². The monoisotopic (exact) mass is 358 g/mol. The first-order chi connectivity index (χ1) is 12.1. The second-order valence-corrected chi connectivity index (χ2v) is 7.04. The van der Waals surface area contributed by atoms with Crippen molar-refractivity contribution in [2.45, 2.75) is 60.8 Å². The van der Waals surface area contributed by atoms with Crippen LogP contribution in [0.5, 0.6) is 17.2 Å². The largest absolute Gasteiger partial charge is 0.507 e. The molecule has 0 spiro atoms. The molecule has 1 aromatic rings. The first-order valence-corrected chi connectivity index (χ1v) is 8.81. The van der Waals surface area contributed by atoms with E-state index in [0.29, 0.717) is 17.7 Å². The zero-order chi connectivity index (χ0) is 19.9. The first kappa shape index (κ1) is 21.6. The summed E-state index contributed by atoms with van der Waals surface area (Å²) in [7, 11) is 0. The summed E-state index contributed by atoms with van der Waals surface area (Å²) >= 11 is 0. The van der Waals surface area contributed by atoms with E-state index < -0.39 is 5.78 Å². The highest BCUT2D eigenvalue weighted by Crippen LogP contribution is 2.39. The van der Waals surface area contributed by atoms with Gasteiger partial charge in [-0.05, 0) is 66.4 Å². The number of carbonyl (C=O) groups excluding carboxylic acids is 1. The van der Waals surface area contributed by atoms with Crippen LogP contribution in [0.2, 0.25) is 0 Å². The molecule has 0 unspecified atom stereocenters. The van der Waals surface area contributed by atoms with Crippen molar-refractivity contribution in [1.82, 2.24) is 0 Å². The fourth-order valence-electron chi connectivity index (χ4n) is 2.44. The average molecular weight is 358 g/mol. The van der Waals surface area contributed by atoms with E-state index in [2.05, 4.69) is 19.9 Å². The summed E-state index contributed by atoms with van der Waals surface area (Å²) in [4.78, 5) is 11.7. The van der Waals surface area contributed by atoms with E-state index in [1.165, 1.54) is 18.6 Å². The number of aromatic hydroxyl groups is 2. The van der Waals surface area contributed by atoms with Gasteiger partial charge in [0.15, 0.2) is 5.78 Å². The molecule has 1 aromatic carbocycles. The fraction of sp³-hybridized carbons (Fsp3) is 0.409. The molecule has 0 amide bonds. The molecular weight excluding hydrogens is 328 g/mol. The molecule has 4 heteroatoms. The Morgan fingerprint density at radius 3 is 2.19 bits per heavy atom. The van der Waals surface area contributed by atoms with Gasteiger partial charge < -0.3 is 14.9 Å². The van der Waals surface area contributed by atoms with E-state index in [-0.39, 0.29) is 17.1 Å². The number of ketones is 1. The van der Waals surface area contributed by atoms with Crippen molar-refractivity contribution in [1.29, 1.82) is 0 Å². The van der Waals surface area contributed by atoms with Crippen LogP contribution in [0.3, 0.4) is 0 Å². The molecule has 0 aliphatic rings. The predicted molar refractivity (Wildman–Crippen MR) is 106 cm³/mol. The van der Waals surface area contributed by atoms with Crippen molar-refractivity contribution in [2.24, 2.45) is 0 Å². The molecule has 0 bridgehead atoms. The van der Waals surface area contributed by atoms with Crippen molar-refractivity contribution >= 4 is 5.78 Å². The SMILES string of the molecule is CC(=O)c1c(O)cc(O/C=C(\C)CCC=C(C)C)c(CC=C(C)C)c1O. The van der Waals surface area contributed by atoms with E-state index in [1.54, 1.807) is 6.26 Å². The summed E-state index contributed by atoms with van der Waals surface area (Å²) in [5, 5.41) is 20.6. The molecule has 2 N–H and O–H groups in total. The Balaban J connectivity index is 3.18. The van der Waals surface area contributed by atoms with Crippen LogP contribution in [-0.4, -0.2) is 16.0 Å². The van der Waals surface area contributed by atoms with Crippen LogP contribution in [0.25, 0.3) is 0 Å². The number of allylic oxidation sites excluding steroid dienone is 5. The number of Topliss-reactive ketones (excluding diaryl/α,β-unsaturated/α-hetero) is 1. The van der Waals surface area contributed by atoms with E-state index >= 15 is 0 Å². The van der Waals surface area contributed by atoms with Gasteiger partial charge in [0, 0.05) is 11.6 Å². The van der Waals surface area contributed by atoms with Gasteiger partial charge >= 0.3 is 0 Å². The fourth-order valence-corrected chi connectivity index (χ4v) is 2.44. The van der Waals surface area contributed by atoms with Crippen LogP contribution in [0.15, 0.2) is 41.2 Å². The summed E-state index contributed by atoms with van der Waals surface area (Å²) in [6.07, 6.45) is 7.93. The van der Waals surface area contributed by atoms with Crippen molar-refractivity contribution in [3.05, 3.63) is 52.3 Å². The molecule has 26 heavy (non-hydrogen) atoms. The van der Waals surface area contributed by atoms with Gasteiger partial charge in [-0.2, -0.15) is 0 Å². The van der Waals surface area contributed by atoms with Gasteiger partial charge in [0.1, 0.15) is 22.8 Å². The standard InChI is InChI=1S/C22H30O4/c1-14(2)8-7-9-16(5)13-26-20-12-19(24)21(17(6)23)22(25)18(20)11-10-15(3)4/h8,10,12-13,24-25H,7,9,11H2,1-6H3/b16-13+. The lowest BCUT2D eigenvalue weighted by atomic mass is 10.0. The minimum absolute atomic E-state index is 0.0706. The Bertz CT molecular complexity index is 744. The molecule has 4 nitrogen and oxygen atoms in total. The molecule has 1 rings (SSSR count). The van der Waals surface area contributed by atoms with Crippen LogP contribution in [0, 0.1) is 0 Å². The molecular formula is C22H30O4. The molecule has 0 aromatic heterocycles. The average Bonchev–Trinajstić information content (AvgIpc) is 2.50. The van der Waals surface area contributed by atoms with E-state index in [1.807, 2.05) is 26.8 Å². The summed E-state index contributed by atoms with van der Waals surface area (Å²) in [5.74, 6) is -0.537. The number of carbonyl (C=O) groups is 1. The summed E-state index contributed by atoms with van der Waals surface area (Å²) in [6.45, 7) is 11.3. The molecule has 0 aliphatic carbocycles. The minimum Gasteiger partial charge on any atom is -0.507 e. The summed E-state index contributed by atoms with van der Waals surface area (Å²) in [6, 6.07) is 1.39. The Labute approximate surface area is 156 Å². The van der Waals surface area contributed by atoms with Gasteiger partial charge in [-0.1, -0.05) is 23.3 Å². The molecule has 0 atom stereocenters. The molecule has 0 radical (unpaired) electrons. The highest BCUT2D eigenvalue weighted by Gasteiger charge is 2.20. The summed E-state index contributed by atoms with van der Waals surface area (Å²) < 4.78 is 5.74. The van der Waals surface area contributed by atoms with Crippen LogP contribution in [0.1, 0.15) is 70.3 Å². The second-order valence-electron chi connectivity index (χ2n) is 7.04. The Hall–Kier alpha value is -2.49. The molecule has 0 saturated heterocycles. The zero-order valence-electron chi connectivity index (χ0n) is 16.6. The zero-order valence-corrected chi connectivity index (χ0v) is 16.6. The Morgan fingerprint density at radius 1 is 1.04 bits per heavy atom. The Kier molecular flexibility index (Phi) is 8.17. The third-order valence-corrected chi connectivity index (χ3v) is 3.89. The molecule has 0 aliphatic heterocycles. The lowest BCUT2D eigenvalue weighted by Crippen LogP contribution is -2.00. The highest BCUT2D eigenvalue weighted by atomic mass is 16.5. The first-order valence-electron chi connectivity index (χ1n) is 8.81. The number of hydrogen-bond acceptors (Lipinski definition) is 4. The van der Waals surface area contributed by atoms with Crippen molar-refractivity contribution in [2.75, 3.05) is 0 Å². The predicted octanol–water partition coefficient (Wildman–Crippen LogP) is 5.84. The highest BCUT2D eigenvalue weighted by molar-refractivity contribution is 6.00. The number of phenols is 2. The van der Waals surface area contributed by atoms with E-state index in [9.17, 15) is 15.0 Å². The van der Waals surface area contributed by atoms with Crippen molar-refractivity contribution < 1.29 is 19.7 Å². The molecule has 0 fully saturated rings. The van der Waals surface area contributed by atoms with E-state index in [4.69, 9.17) is 4.74 Å². The quantitative estimate of drug-likeness (QED) is 0.348. The lowest BCUT2D eigenvalue weighted by Gasteiger charge is -2.14. The number of ether oxygens (including phenoxy) is 1. The van der Waals surface area contributed by atoms with Crippen LogP contribution < -0.4 is 4.74 Å². The maximum absolute atomic E-state index is 11.7. The van der Waals surface area contributed by atoms with Gasteiger partial charge in [-0.3, -0.25) is 4.79 Å². The lowest BCUT2D eigenvalue weighted by molar-refractivity contribution is 0.101. The third-order valence-electron chi connectivity index (χ3n) is 3.89. The third kappa shape index (κ3) is 6.43. The maximum Gasteiger partial charge on any atom is 0.167 e. The topological polar surface area (TPSA) is 66.8 Å². The van der Waals surface area contributed by atoms with Gasteiger partial charge in [0.2, 0.25) is 0 Å². The van der Waals surface area contributed by atoms with Gasteiger partial charge in [0.05, 0.1) is 6.26 Å². The second kappa shape index (κ2) is 9.85. The van der Waals surface area contributed by atoms with Crippen LogP contribution >= 0.6 is 0 Å². The minimum atomic E-state index is -0.390. The van der Waals surface area contributed by atoms with Gasteiger partial charge in [0.25, 0.3) is 0 Å². The van der Waals surface area contributed by atoms with E-state index in [0.717, 1.165) is 24.0 Å². The maximum atomic E-state index is 11.7. The number of hydrogen-bond donors (Lipinski definition) is 2. The van der Waals surface area contributed by atoms with Crippen molar-refractivity contribution in [3.63, 3.8) is 0 Å². The Morgan fingerprint density at radius 2 is 1.65 bits per heavy atom. The summed E-state index contributed by atoms with van der Waals surface area (Å²) in [5.41, 5.74) is 3.82. The van der Waals surface area contributed by atoms with Crippen molar-refractivity contribution in [3.8, 4) is 17.2 Å². The number of rotatable bonds is 8. The normalized spacial score (nSPS) is 11.1. The molecule has 0 heterocycles. The smallest absolute Gasteiger partial charge is 0.167 e. The van der Waals surface area contributed by atoms with Crippen LogP contribution in [0.4, 0.5) is 0 Å². The van der Waals surface area contributed by atoms with Gasteiger partial charge in [-0.15, -0.1) is 0 Å². The number of benzene rings is 1. The number of phenolic OH excluding ortho intramolecular Hbond substituents is 2. The molecule has 0 saturated carbocycles. The van der Waals surface area contributed by atoms with Crippen LogP contribution in [-0.2, 0) is 6.42 Å². The molecule has 142 valence electrons.